The van der Waals surface area contributed by atoms with Crippen LogP contribution in [0.1, 0.15) is 18.4 Å². The van der Waals surface area contributed by atoms with E-state index >= 15 is 0 Å². The largest absolute Gasteiger partial charge is 0.383 e. The predicted octanol–water partition coefficient (Wildman–Crippen LogP) is 1.39. The predicted molar refractivity (Wildman–Crippen MR) is 71.3 cm³/mol. The van der Waals surface area contributed by atoms with Gasteiger partial charge in [-0.25, -0.2) is 4.39 Å². The summed E-state index contributed by atoms with van der Waals surface area (Å²) < 4.78 is 18.3. The first-order valence-electron chi connectivity index (χ1n) is 6.38. The molecule has 1 heterocycles. The summed E-state index contributed by atoms with van der Waals surface area (Å²) in [4.78, 5) is 11.7. The van der Waals surface area contributed by atoms with Gasteiger partial charge in [0.25, 0.3) is 0 Å². The molecule has 0 unspecified atom stereocenters. The first-order valence-corrected chi connectivity index (χ1v) is 6.38. The van der Waals surface area contributed by atoms with E-state index in [4.69, 9.17) is 15.7 Å². The SMILES string of the molecule is N#Cc1cc(F)ccc1NCC1(C(N)=O)CCOCC1. The summed E-state index contributed by atoms with van der Waals surface area (Å²) in [6.07, 6.45) is 1.08. The first-order chi connectivity index (χ1) is 9.57. The Morgan fingerprint density at radius 1 is 1.50 bits per heavy atom. The lowest BCUT2D eigenvalue weighted by Crippen LogP contribution is -2.46. The van der Waals surface area contributed by atoms with Crippen molar-refractivity contribution in [2.45, 2.75) is 12.8 Å². The van der Waals surface area contributed by atoms with Crippen molar-refractivity contribution in [3.05, 3.63) is 29.6 Å². The molecule has 1 aromatic carbocycles. The summed E-state index contributed by atoms with van der Waals surface area (Å²) >= 11 is 0. The van der Waals surface area contributed by atoms with Gasteiger partial charge >= 0.3 is 0 Å². The fourth-order valence-electron chi connectivity index (χ4n) is 2.30. The number of halogens is 1. The lowest BCUT2D eigenvalue weighted by molar-refractivity contribution is -0.132. The summed E-state index contributed by atoms with van der Waals surface area (Å²) in [6, 6.07) is 5.83. The molecule has 1 saturated heterocycles. The number of amides is 1. The fourth-order valence-corrected chi connectivity index (χ4v) is 2.30. The van der Waals surface area contributed by atoms with Crippen LogP contribution in [0.15, 0.2) is 18.2 Å². The van der Waals surface area contributed by atoms with Crippen LogP contribution in [-0.4, -0.2) is 25.7 Å². The second-order valence-corrected chi connectivity index (χ2v) is 4.91. The minimum absolute atomic E-state index is 0.205. The molecule has 1 amide bonds. The van der Waals surface area contributed by atoms with Crippen molar-refractivity contribution in [2.75, 3.05) is 25.1 Å². The number of nitrogens with two attached hydrogens (primary N) is 1. The van der Waals surface area contributed by atoms with Crippen LogP contribution in [0.4, 0.5) is 10.1 Å². The van der Waals surface area contributed by atoms with E-state index in [0.717, 1.165) is 6.07 Å². The third kappa shape index (κ3) is 2.89. The third-order valence-corrected chi connectivity index (χ3v) is 3.69. The van der Waals surface area contributed by atoms with E-state index in [9.17, 15) is 9.18 Å². The van der Waals surface area contributed by atoms with Gasteiger partial charge in [0.05, 0.1) is 16.7 Å². The van der Waals surface area contributed by atoms with Crippen LogP contribution in [-0.2, 0) is 9.53 Å². The van der Waals surface area contributed by atoms with E-state index in [1.54, 1.807) is 0 Å². The second-order valence-electron chi connectivity index (χ2n) is 4.91. The quantitative estimate of drug-likeness (QED) is 0.870. The van der Waals surface area contributed by atoms with E-state index in [2.05, 4.69) is 5.32 Å². The van der Waals surface area contributed by atoms with Crippen molar-refractivity contribution in [2.24, 2.45) is 11.1 Å². The maximum atomic E-state index is 13.1. The number of nitrogens with one attached hydrogen (secondary N) is 1. The highest BCUT2D eigenvalue weighted by Gasteiger charge is 2.38. The van der Waals surface area contributed by atoms with Crippen molar-refractivity contribution >= 4 is 11.6 Å². The van der Waals surface area contributed by atoms with Gasteiger partial charge in [0.2, 0.25) is 5.91 Å². The number of hydrogen-bond donors (Lipinski definition) is 2. The average Bonchev–Trinajstić information content (AvgIpc) is 2.46. The molecule has 0 spiro atoms. The molecular formula is C14H16FN3O2. The van der Waals surface area contributed by atoms with E-state index in [1.165, 1.54) is 12.1 Å². The van der Waals surface area contributed by atoms with Crippen molar-refractivity contribution in [1.82, 2.24) is 0 Å². The van der Waals surface area contributed by atoms with Gasteiger partial charge in [-0.2, -0.15) is 5.26 Å². The van der Waals surface area contributed by atoms with Gasteiger partial charge < -0.3 is 15.8 Å². The van der Waals surface area contributed by atoms with Crippen molar-refractivity contribution < 1.29 is 13.9 Å². The van der Waals surface area contributed by atoms with Gasteiger partial charge in [0, 0.05) is 19.8 Å². The molecular weight excluding hydrogens is 261 g/mol. The number of hydrogen-bond acceptors (Lipinski definition) is 4. The molecule has 1 aromatic rings. The summed E-state index contributed by atoms with van der Waals surface area (Å²) in [5.41, 5.74) is 5.53. The number of nitrogens with zero attached hydrogens (tertiary/aromatic N) is 1. The normalized spacial score (nSPS) is 17.2. The van der Waals surface area contributed by atoms with E-state index < -0.39 is 11.2 Å². The molecule has 0 atom stereocenters. The molecule has 1 aliphatic heterocycles. The highest BCUT2D eigenvalue weighted by molar-refractivity contribution is 5.81. The summed E-state index contributed by atoms with van der Waals surface area (Å²) in [5, 5.41) is 12.0. The van der Waals surface area contributed by atoms with Gasteiger partial charge in [-0.05, 0) is 31.0 Å². The van der Waals surface area contributed by atoms with Crippen LogP contribution in [0.3, 0.4) is 0 Å². The van der Waals surface area contributed by atoms with E-state index in [-0.39, 0.29) is 11.5 Å². The molecule has 3 N–H and O–H groups in total. The van der Waals surface area contributed by atoms with E-state index in [0.29, 0.717) is 38.3 Å². The Labute approximate surface area is 116 Å². The molecule has 1 fully saturated rings. The molecule has 0 radical (unpaired) electrons. The molecule has 0 bridgehead atoms. The monoisotopic (exact) mass is 277 g/mol. The van der Waals surface area contributed by atoms with Crippen LogP contribution in [0.25, 0.3) is 0 Å². The zero-order valence-corrected chi connectivity index (χ0v) is 11.0. The smallest absolute Gasteiger partial charge is 0.225 e. The number of benzene rings is 1. The van der Waals surface area contributed by atoms with Crippen LogP contribution >= 0.6 is 0 Å². The average molecular weight is 277 g/mol. The Bertz CT molecular complexity index is 548. The lowest BCUT2D eigenvalue weighted by atomic mass is 9.79. The molecule has 0 aliphatic carbocycles. The van der Waals surface area contributed by atoms with Gasteiger partial charge in [-0.3, -0.25) is 4.79 Å². The maximum absolute atomic E-state index is 13.1. The van der Waals surface area contributed by atoms with Crippen LogP contribution in [0.2, 0.25) is 0 Å². The van der Waals surface area contributed by atoms with Gasteiger partial charge in [0.1, 0.15) is 11.9 Å². The minimum atomic E-state index is -0.681. The van der Waals surface area contributed by atoms with Gasteiger partial charge in [-0.1, -0.05) is 0 Å². The standard InChI is InChI=1S/C14H16FN3O2/c15-11-1-2-12(10(7-11)8-16)18-9-14(13(17)19)3-5-20-6-4-14/h1-2,7,18H,3-6,9H2,(H2,17,19). The second kappa shape index (κ2) is 5.88. The number of anilines is 1. The maximum Gasteiger partial charge on any atom is 0.225 e. The number of nitriles is 1. The van der Waals surface area contributed by atoms with E-state index in [1.807, 2.05) is 6.07 Å². The highest BCUT2D eigenvalue weighted by Crippen LogP contribution is 2.31. The Balaban J connectivity index is 2.14. The Morgan fingerprint density at radius 3 is 2.80 bits per heavy atom. The summed E-state index contributed by atoms with van der Waals surface area (Å²) in [5.74, 6) is -0.850. The lowest BCUT2D eigenvalue weighted by Gasteiger charge is -2.34. The molecule has 0 saturated carbocycles. The molecule has 0 aromatic heterocycles. The first kappa shape index (κ1) is 14.3. The molecule has 1 aliphatic rings. The zero-order valence-electron chi connectivity index (χ0n) is 11.0. The number of carbonyl (C=O) groups is 1. The number of ether oxygens (including phenoxy) is 1. The fraction of sp³-hybridized carbons (Fsp3) is 0.429. The Hall–Kier alpha value is -2.13. The van der Waals surface area contributed by atoms with Crippen molar-refractivity contribution in [3.8, 4) is 6.07 Å². The topological polar surface area (TPSA) is 88.1 Å². The zero-order chi connectivity index (χ0) is 14.6. The van der Waals surface area contributed by atoms with Crippen molar-refractivity contribution in [3.63, 3.8) is 0 Å². The summed E-state index contributed by atoms with van der Waals surface area (Å²) in [7, 11) is 0. The number of rotatable bonds is 4. The van der Waals surface area contributed by atoms with Gasteiger partial charge in [-0.15, -0.1) is 0 Å². The Kier molecular flexibility index (Phi) is 4.20. The third-order valence-electron chi connectivity index (χ3n) is 3.69. The minimum Gasteiger partial charge on any atom is -0.383 e. The molecule has 106 valence electrons. The molecule has 2 rings (SSSR count). The molecule has 6 heteroatoms. The number of primary amides is 1. The Morgan fingerprint density at radius 2 is 2.20 bits per heavy atom. The van der Waals surface area contributed by atoms with Crippen molar-refractivity contribution in [1.29, 1.82) is 5.26 Å². The molecule has 5 nitrogen and oxygen atoms in total. The van der Waals surface area contributed by atoms with Gasteiger partial charge in [0.15, 0.2) is 0 Å². The summed E-state index contributed by atoms with van der Waals surface area (Å²) in [6.45, 7) is 1.28. The number of carbonyl (C=O) groups excluding carboxylic acids is 1. The van der Waals surface area contributed by atoms with Crippen LogP contribution in [0.5, 0.6) is 0 Å². The highest BCUT2D eigenvalue weighted by atomic mass is 19.1. The van der Waals surface area contributed by atoms with Crippen LogP contribution in [0, 0.1) is 22.6 Å². The molecule has 20 heavy (non-hydrogen) atoms. The van der Waals surface area contributed by atoms with Crippen LogP contribution < -0.4 is 11.1 Å².